The van der Waals surface area contributed by atoms with Gasteiger partial charge < -0.3 is 10.4 Å². The SMILES string of the molecule is Cc1ccc(F)c([C@H](N2CCNCC2)C(F)(F)CO)c1F.Cl. The van der Waals surface area contributed by atoms with E-state index in [0.29, 0.717) is 13.1 Å². The molecule has 1 fully saturated rings. The quantitative estimate of drug-likeness (QED) is 0.824. The van der Waals surface area contributed by atoms with Crippen LogP contribution >= 0.6 is 12.4 Å². The lowest BCUT2D eigenvalue weighted by Gasteiger charge is -2.39. The van der Waals surface area contributed by atoms with Gasteiger partial charge in [-0.05, 0) is 18.6 Å². The standard InChI is InChI=1S/C14H18F4N2O.ClH/c1-9-2-3-10(15)11(12(9)16)13(14(17,18)8-21)20-6-4-19-5-7-20;/h2-3,13,19,21H,4-8H2,1H3;1H/t13-;/m0./s1. The van der Waals surface area contributed by atoms with E-state index in [1.165, 1.54) is 17.9 Å². The summed E-state index contributed by atoms with van der Waals surface area (Å²) in [5.41, 5.74) is -0.573. The molecule has 0 saturated carbocycles. The van der Waals surface area contributed by atoms with Gasteiger partial charge in [0.25, 0.3) is 5.92 Å². The minimum atomic E-state index is -3.63. The van der Waals surface area contributed by atoms with Crippen molar-refractivity contribution in [1.82, 2.24) is 10.2 Å². The number of hydrogen-bond acceptors (Lipinski definition) is 3. The summed E-state index contributed by atoms with van der Waals surface area (Å²) in [5.74, 6) is -5.63. The summed E-state index contributed by atoms with van der Waals surface area (Å²) >= 11 is 0. The van der Waals surface area contributed by atoms with Gasteiger partial charge in [-0.1, -0.05) is 6.07 Å². The molecule has 0 aromatic heterocycles. The molecule has 1 aliphatic heterocycles. The summed E-state index contributed by atoms with van der Waals surface area (Å²) < 4.78 is 56.5. The number of benzene rings is 1. The smallest absolute Gasteiger partial charge is 0.290 e. The lowest BCUT2D eigenvalue weighted by Crippen LogP contribution is -2.51. The van der Waals surface area contributed by atoms with Crippen molar-refractivity contribution in [3.8, 4) is 0 Å². The van der Waals surface area contributed by atoms with E-state index in [0.717, 1.165) is 6.07 Å². The third-order valence-electron chi connectivity index (χ3n) is 3.72. The first-order valence-electron chi connectivity index (χ1n) is 6.76. The van der Waals surface area contributed by atoms with Gasteiger partial charge in [-0.15, -0.1) is 12.4 Å². The number of halogens is 5. The van der Waals surface area contributed by atoms with Crippen LogP contribution in [0.2, 0.25) is 0 Å². The highest BCUT2D eigenvalue weighted by atomic mass is 35.5. The van der Waals surface area contributed by atoms with Gasteiger partial charge in [0.15, 0.2) is 0 Å². The first kappa shape index (κ1) is 19.2. The highest BCUT2D eigenvalue weighted by Crippen LogP contribution is 2.39. The van der Waals surface area contributed by atoms with E-state index in [1.54, 1.807) is 0 Å². The van der Waals surface area contributed by atoms with Crippen LogP contribution in [0.3, 0.4) is 0 Å². The van der Waals surface area contributed by atoms with E-state index in [9.17, 15) is 17.6 Å². The predicted octanol–water partition coefficient (Wildman–Crippen LogP) is 2.27. The second-order valence-corrected chi connectivity index (χ2v) is 5.20. The van der Waals surface area contributed by atoms with Crippen LogP contribution in [0.15, 0.2) is 12.1 Å². The largest absolute Gasteiger partial charge is 0.390 e. The van der Waals surface area contributed by atoms with Crippen molar-refractivity contribution in [2.24, 2.45) is 0 Å². The van der Waals surface area contributed by atoms with E-state index in [4.69, 9.17) is 5.11 Å². The van der Waals surface area contributed by atoms with Crippen LogP contribution in [0.25, 0.3) is 0 Å². The minimum absolute atomic E-state index is 0. The van der Waals surface area contributed by atoms with Crippen molar-refractivity contribution < 1.29 is 22.7 Å². The number of aryl methyl sites for hydroxylation is 1. The number of alkyl halides is 2. The summed E-state index contributed by atoms with van der Waals surface area (Å²) in [7, 11) is 0. The molecule has 2 rings (SSSR count). The predicted molar refractivity (Wildman–Crippen MR) is 77.6 cm³/mol. The van der Waals surface area contributed by atoms with Crippen molar-refractivity contribution in [2.75, 3.05) is 32.8 Å². The number of nitrogens with zero attached hydrogens (tertiary/aromatic N) is 1. The Hall–Kier alpha value is -0.890. The Labute approximate surface area is 132 Å². The summed E-state index contributed by atoms with van der Waals surface area (Å²) in [4.78, 5) is 1.31. The second kappa shape index (κ2) is 7.59. The van der Waals surface area contributed by atoms with Crippen LogP contribution in [-0.2, 0) is 0 Å². The Morgan fingerprint density at radius 1 is 1.27 bits per heavy atom. The molecule has 0 bridgehead atoms. The van der Waals surface area contributed by atoms with Crippen molar-refractivity contribution in [1.29, 1.82) is 0 Å². The third kappa shape index (κ3) is 3.71. The zero-order valence-electron chi connectivity index (χ0n) is 12.1. The highest BCUT2D eigenvalue weighted by molar-refractivity contribution is 5.85. The van der Waals surface area contributed by atoms with Crippen LogP contribution < -0.4 is 5.32 Å². The fourth-order valence-electron chi connectivity index (χ4n) is 2.62. The van der Waals surface area contributed by atoms with Crippen molar-refractivity contribution in [3.63, 3.8) is 0 Å². The van der Waals surface area contributed by atoms with Crippen LogP contribution in [0, 0.1) is 18.6 Å². The zero-order chi connectivity index (χ0) is 15.6. The van der Waals surface area contributed by atoms with Crippen molar-refractivity contribution >= 4 is 12.4 Å². The number of rotatable bonds is 4. The molecule has 1 aromatic rings. The number of aliphatic hydroxyl groups excluding tert-OH is 1. The monoisotopic (exact) mass is 342 g/mol. The topological polar surface area (TPSA) is 35.5 Å². The molecule has 0 aliphatic carbocycles. The lowest BCUT2D eigenvalue weighted by molar-refractivity contribution is -0.120. The van der Waals surface area contributed by atoms with Gasteiger partial charge in [0.1, 0.15) is 24.3 Å². The number of piperazine rings is 1. The first-order chi connectivity index (χ1) is 9.88. The van der Waals surface area contributed by atoms with Gasteiger partial charge in [0.05, 0.1) is 0 Å². The number of aliphatic hydroxyl groups is 1. The van der Waals surface area contributed by atoms with E-state index >= 15 is 0 Å². The molecule has 22 heavy (non-hydrogen) atoms. The average Bonchev–Trinajstić information content (AvgIpc) is 2.48. The molecule has 1 heterocycles. The molecule has 1 atom stereocenters. The Morgan fingerprint density at radius 2 is 1.86 bits per heavy atom. The van der Waals surface area contributed by atoms with E-state index < -0.39 is 35.8 Å². The molecule has 126 valence electrons. The van der Waals surface area contributed by atoms with Gasteiger partial charge >= 0.3 is 0 Å². The molecule has 1 saturated heterocycles. The summed E-state index contributed by atoms with van der Waals surface area (Å²) in [5, 5.41) is 12.0. The van der Waals surface area contributed by atoms with Gasteiger partial charge in [-0.3, -0.25) is 4.90 Å². The van der Waals surface area contributed by atoms with Crippen LogP contribution in [0.1, 0.15) is 17.2 Å². The lowest BCUT2D eigenvalue weighted by atomic mass is 9.95. The molecule has 1 aromatic carbocycles. The third-order valence-corrected chi connectivity index (χ3v) is 3.72. The average molecular weight is 343 g/mol. The maximum atomic E-state index is 14.2. The zero-order valence-corrected chi connectivity index (χ0v) is 12.9. The normalized spacial score (nSPS) is 17.9. The van der Waals surface area contributed by atoms with Crippen LogP contribution in [0.4, 0.5) is 17.6 Å². The Bertz CT molecular complexity index is 510. The van der Waals surface area contributed by atoms with Crippen LogP contribution in [-0.4, -0.2) is 48.7 Å². The summed E-state index contributed by atoms with van der Waals surface area (Å²) in [6.45, 7) is 1.29. The molecule has 0 amide bonds. The number of hydrogen-bond donors (Lipinski definition) is 2. The van der Waals surface area contributed by atoms with E-state index in [-0.39, 0.29) is 31.1 Å². The molecule has 8 heteroatoms. The fraction of sp³-hybridized carbons (Fsp3) is 0.571. The van der Waals surface area contributed by atoms with Crippen LogP contribution in [0.5, 0.6) is 0 Å². The van der Waals surface area contributed by atoms with Gasteiger partial charge in [-0.2, -0.15) is 0 Å². The van der Waals surface area contributed by atoms with E-state index in [2.05, 4.69) is 5.32 Å². The maximum Gasteiger partial charge on any atom is 0.290 e. The van der Waals surface area contributed by atoms with Crippen molar-refractivity contribution in [2.45, 2.75) is 18.9 Å². The summed E-state index contributed by atoms with van der Waals surface area (Å²) in [6, 6.07) is 0.376. The molecule has 0 radical (unpaired) electrons. The molecular formula is C14H19ClF4N2O. The minimum Gasteiger partial charge on any atom is -0.390 e. The van der Waals surface area contributed by atoms with Gasteiger partial charge in [0, 0.05) is 31.7 Å². The maximum absolute atomic E-state index is 14.2. The molecular weight excluding hydrogens is 324 g/mol. The first-order valence-corrected chi connectivity index (χ1v) is 6.76. The fourth-order valence-corrected chi connectivity index (χ4v) is 2.62. The Morgan fingerprint density at radius 3 is 2.41 bits per heavy atom. The number of nitrogens with one attached hydrogen (secondary N) is 1. The molecule has 0 spiro atoms. The van der Waals surface area contributed by atoms with E-state index in [1.807, 2.05) is 0 Å². The van der Waals surface area contributed by atoms with Gasteiger partial charge in [0.2, 0.25) is 0 Å². The molecule has 2 N–H and O–H groups in total. The summed E-state index contributed by atoms with van der Waals surface area (Å²) in [6.07, 6.45) is 0. The highest BCUT2D eigenvalue weighted by Gasteiger charge is 2.46. The van der Waals surface area contributed by atoms with Crippen molar-refractivity contribution in [3.05, 3.63) is 34.9 Å². The molecule has 1 aliphatic rings. The Kier molecular flexibility index (Phi) is 6.61. The van der Waals surface area contributed by atoms with Gasteiger partial charge in [-0.25, -0.2) is 17.6 Å². The second-order valence-electron chi connectivity index (χ2n) is 5.20. The molecule has 3 nitrogen and oxygen atoms in total. The Balaban J connectivity index is 0.00000242. The molecule has 0 unspecified atom stereocenters.